The maximum Gasteiger partial charge on any atom is 0.238 e. The summed E-state index contributed by atoms with van der Waals surface area (Å²) in [4.78, 5) is 0.0250. The fourth-order valence-electron chi connectivity index (χ4n) is 2.55. The maximum absolute atomic E-state index is 11.5. The Morgan fingerprint density at radius 3 is 2.35 bits per heavy atom. The molecular weight excluding hydrogens is 356 g/mol. The van der Waals surface area contributed by atoms with Crippen LogP contribution in [0, 0.1) is 0 Å². The van der Waals surface area contributed by atoms with Crippen LogP contribution in [0.25, 0.3) is 22.4 Å². The zero-order valence-corrected chi connectivity index (χ0v) is 14.6. The van der Waals surface area contributed by atoms with Crippen LogP contribution in [0.1, 0.15) is 5.76 Å². The first-order valence-electron chi connectivity index (χ1n) is 7.86. The van der Waals surface area contributed by atoms with E-state index in [0.717, 1.165) is 11.1 Å². The van der Waals surface area contributed by atoms with Gasteiger partial charge in [0.1, 0.15) is 12.3 Å². The van der Waals surface area contributed by atoms with E-state index in [0.29, 0.717) is 17.0 Å². The van der Waals surface area contributed by atoms with E-state index in [9.17, 15) is 8.42 Å². The molecule has 0 bridgehead atoms. The highest BCUT2D eigenvalue weighted by atomic mass is 32.2. The van der Waals surface area contributed by atoms with Crippen LogP contribution in [-0.2, 0) is 21.4 Å². The third-order valence-corrected chi connectivity index (χ3v) is 4.68. The molecule has 0 fully saturated rings. The van der Waals surface area contributed by atoms with Crippen molar-refractivity contribution < 1.29 is 22.8 Å². The summed E-state index contributed by atoms with van der Waals surface area (Å²) in [6.45, 7) is 0.204. The minimum atomic E-state index is -3.77. The van der Waals surface area contributed by atoms with Gasteiger partial charge < -0.3 is 14.4 Å². The summed E-state index contributed by atoms with van der Waals surface area (Å²) in [5.74, 6) is 0.487. The van der Waals surface area contributed by atoms with Gasteiger partial charge in [0.2, 0.25) is 10.0 Å². The number of sulfonamides is 1. The van der Waals surface area contributed by atoms with Crippen LogP contribution >= 0.6 is 0 Å². The summed E-state index contributed by atoms with van der Waals surface area (Å²) in [6.07, 6.45) is 0. The molecule has 8 heteroatoms. The Bertz CT molecular complexity index is 967. The Kier molecular flexibility index (Phi) is 5.48. The lowest BCUT2D eigenvalue weighted by Crippen LogP contribution is -2.11. The number of primary sulfonamides is 1. The Hall–Kier alpha value is -2.52. The predicted octanol–water partition coefficient (Wildman–Crippen LogP) is 2.16. The van der Waals surface area contributed by atoms with Crippen LogP contribution in [0.5, 0.6) is 0 Å². The van der Waals surface area contributed by atoms with Crippen LogP contribution < -0.4 is 5.14 Å². The first-order valence-corrected chi connectivity index (χ1v) is 9.41. The second-order valence-electron chi connectivity index (χ2n) is 5.54. The third-order valence-electron chi connectivity index (χ3n) is 3.75. The van der Waals surface area contributed by atoms with E-state index in [1.165, 1.54) is 12.1 Å². The number of rotatable bonds is 7. The summed E-state index contributed by atoms with van der Waals surface area (Å²) >= 11 is 0. The zero-order valence-electron chi connectivity index (χ0n) is 13.8. The molecule has 3 N–H and O–H groups in total. The third kappa shape index (κ3) is 4.00. The van der Waals surface area contributed by atoms with Gasteiger partial charge in [-0.15, -0.1) is 0 Å². The number of ether oxygens (including phenoxy) is 1. The van der Waals surface area contributed by atoms with Crippen LogP contribution in [0.2, 0.25) is 0 Å². The molecular formula is C18H18N2O5S. The number of aromatic nitrogens is 1. The van der Waals surface area contributed by atoms with Crippen molar-refractivity contribution in [2.75, 3.05) is 13.2 Å². The van der Waals surface area contributed by atoms with Crippen molar-refractivity contribution in [1.82, 2.24) is 5.16 Å². The molecule has 0 saturated heterocycles. The Labute approximate surface area is 151 Å². The monoisotopic (exact) mass is 374 g/mol. The molecule has 0 aliphatic rings. The van der Waals surface area contributed by atoms with Crippen LogP contribution in [0.15, 0.2) is 64.0 Å². The lowest BCUT2D eigenvalue weighted by atomic mass is 9.99. The van der Waals surface area contributed by atoms with Crippen molar-refractivity contribution in [3.8, 4) is 22.4 Å². The van der Waals surface area contributed by atoms with E-state index in [4.69, 9.17) is 19.5 Å². The minimum Gasteiger partial charge on any atom is -0.394 e. The van der Waals surface area contributed by atoms with Gasteiger partial charge in [-0.2, -0.15) is 0 Å². The molecule has 7 nitrogen and oxygen atoms in total. The summed E-state index contributed by atoms with van der Waals surface area (Å²) in [5.41, 5.74) is 2.90. The molecule has 1 aromatic heterocycles. The Morgan fingerprint density at radius 2 is 1.73 bits per heavy atom. The topological polar surface area (TPSA) is 116 Å². The summed E-state index contributed by atoms with van der Waals surface area (Å²) in [5, 5.41) is 18.2. The first-order chi connectivity index (χ1) is 12.5. The Balaban J connectivity index is 2.06. The normalized spacial score (nSPS) is 11.6. The van der Waals surface area contributed by atoms with Gasteiger partial charge in [-0.25, -0.2) is 13.6 Å². The van der Waals surface area contributed by atoms with Crippen molar-refractivity contribution in [3.05, 3.63) is 60.4 Å². The zero-order chi connectivity index (χ0) is 18.6. The molecule has 0 spiro atoms. The van der Waals surface area contributed by atoms with Crippen LogP contribution in [0.3, 0.4) is 0 Å². The molecule has 136 valence electrons. The number of aliphatic hydroxyl groups excluding tert-OH is 1. The highest BCUT2D eigenvalue weighted by Crippen LogP contribution is 2.35. The lowest BCUT2D eigenvalue weighted by Gasteiger charge is -2.06. The van der Waals surface area contributed by atoms with Gasteiger partial charge in [0.25, 0.3) is 0 Å². The fraction of sp³-hybridized carbons (Fsp3) is 0.167. The highest BCUT2D eigenvalue weighted by Gasteiger charge is 2.20. The molecule has 0 unspecified atom stereocenters. The number of hydrogen-bond donors (Lipinski definition) is 2. The molecule has 26 heavy (non-hydrogen) atoms. The van der Waals surface area contributed by atoms with E-state index in [1.807, 2.05) is 30.3 Å². The highest BCUT2D eigenvalue weighted by molar-refractivity contribution is 7.89. The first kappa shape index (κ1) is 18.3. The summed E-state index contributed by atoms with van der Waals surface area (Å²) < 4.78 is 33.7. The van der Waals surface area contributed by atoms with Crippen LogP contribution in [-0.4, -0.2) is 31.9 Å². The second-order valence-corrected chi connectivity index (χ2v) is 7.10. The van der Waals surface area contributed by atoms with Gasteiger partial charge in [0.05, 0.1) is 23.7 Å². The van der Waals surface area contributed by atoms with Crippen molar-refractivity contribution in [2.45, 2.75) is 11.5 Å². The molecule has 0 aliphatic heterocycles. The number of hydrogen-bond acceptors (Lipinski definition) is 6. The van der Waals surface area contributed by atoms with Gasteiger partial charge >= 0.3 is 0 Å². The number of aliphatic hydroxyl groups is 1. The molecule has 3 aromatic rings. The molecule has 0 saturated carbocycles. The van der Waals surface area contributed by atoms with Crippen molar-refractivity contribution in [2.24, 2.45) is 5.14 Å². The van der Waals surface area contributed by atoms with Crippen molar-refractivity contribution in [3.63, 3.8) is 0 Å². The summed E-state index contributed by atoms with van der Waals surface area (Å²) in [7, 11) is -3.77. The SMILES string of the molecule is NS(=O)(=O)c1ccc(-c2c(-c3ccccc3)noc2COCCO)cc1. The van der Waals surface area contributed by atoms with Crippen molar-refractivity contribution >= 4 is 10.0 Å². The molecule has 0 amide bonds. The van der Waals surface area contributed by atoms with Crippen LogP contribution in [0.4, 0.5) is 0 Å². The van der Waals surface area contributed by atoms with E-state index in [1.54, 1.807) is 12.1 Å². The van der Waals surface area contributed by atoms with E-state index < -0.39 is 10.0 Å². The number of nitrogens with zero attached hydrogens (tertiary/aromatic N) is 1. The minimum absolute atomic E-state index is 0.0250. The molecule has 1 heterocycles. The van der Waals surface area contributed by atoms with Gasteiger partial charge in [-0.05, 0) is 17.7 Å². The van der Waals surface area contributed by atoms with E-state index >= 15 is 0 Å². The number of benzene rings is 2. The average molecular weight is 374 g/mol. The van der Waals surface area contributed by atoms with E-state index in [2.05, 4.69) is 5.16 Å². The van der Waals surface area contributed by atoms with Gasteiger partial charge in [0.15, 0.2) is 5.76 Å². The predicted molar refractivity (Wildman–Crippen MR) is 95.5 cm³/mol. The van der Waals surface area contributed by atoms with Crippen molar-refractivity contribution in [1.29, 1.82) is 0 Å². The molecule has 0 atom stereocenters. The quantitative estimate of drug-likeness (QED) is 0.612. The number of nitrogens with two attached hydrogens (primary N) is 1. The second kappa shape index (κ2) is 7.79. The maximum atomic E-state index is 11.5. The lowest BCUT2D eigenvalue weighted by molar-refractivity contribution is 0.0686. The van der Waals surface area contributed by atoms with Gasteiger partial charge in [-0.3, -0.25) is 0 Å². The standard InChI is InChI=1S/C18H18N2O5S/c19-26(22,23)15-8-6-13(7-9-15)17-16(12-24-11-10-21)25-20-18(17)14-4-2-1-3-5-14/h1-9,21H,10-12H2,(H2,19,22,23). The summed E-state index contributed by atoms with van der Waals surface area (Å²) in [6, 6.07) is 15.6. The van der Waals surface area contributed by atoms with E-state index in [-0.39, 0.29) is 24.7 Å². The molecule has 0 radical (unpaired) electrons. The van der Waals surface area contributed by atoms with Gasteiger partial charge in [-0.1, -0.05) is 47.6 Å². The molecule has 3 rings (SSSR count). The molecule has 0 aliphatic carbocycles. The average Bonchev–Trinajstić information content (AvgIpc) is 3.06. The fourth-order valence-corrected chi connectivity index (χ4v) is 3.07. The smallest absolute Gasteiger partial charge is 0.238 e. The Morgan fingerprint density at radius 1 is 1.04 bits per heavy atom. The molecule has 2 aromatic carbocycles. The largest absolute Gasteiger partial charge is 0.394 e. The van der Waals surface area contributed by atoms with Gasteiger partial charge in [0, 0.05) is 5.56 Å².